The predicted molar refractivity (Wildman–Crippen MR) is 90.8 cm³/mol. The second kappa shape index (κ2) is 12.4. The van der Waals surface area contributed by atoms with E-state index in [0.717, 1.165) is 18.2 Å². The van der Waals surface area contributed by atoms with Crippen molar-refractivity contribution in [1.82, 2.24) is 0 Å². The Kier molecular flexibility index (Phi) is 10.6. The van der Waals surface area contributed by atoms with Crippen molar-refractivity contribution < 1.29 is 51.7 Å². The van der Waals surface area contributed by atoms with E-state index in [4.69, 9.17) is 29.2 Å². The average Bonchev–Trinajstić information content (AvgIpc) is 2.66. The summed E-state index contributed by atoms with van der Waals surface area (Å²) >= 11 is 0. The molecule has 0 amide bonds. The van der Waals surface area contributed by atoms with E-state index >= 15 is 0 Å². The third-order valence-corrected chi connectivity index (χ3v) is 3.87. The van der Waals surface area contributed by atoms with Crippen LogP contribution in [0.4, 0.5) is 0 Å². The highest BCUT2D eigenvalue weighted by atomic mass is 32.2. The minimum absolute atomic E-state index is 0.00537. The number of benzene rings is 1. The van der Waals surface area contributed by atoms with E-state index in [1.165, 1.54) is 0 Å². The van der Waals surface area contributed by atoms with Gasteiger partial charge in [0, 0.05) is 0 Å². The van der Waals surface area contributed by atoms with Crippen LogP contribution in [0.25, 0.3) is 0 Å². The predicted octanol–water partition coefficient (Wildman–Crippen LogP) is -1.08. The van der Waals surface area contributed by atoms with Crippen LogP contribution in [0.1, 0.15) is 20.7 Å². The Morgan fingerprint density at radius 3 is 1.57 bits per heavy atom. The van der Waals surface area contributed by atoms with Crippen molar-refractivity contribution in [2.45, 2.75) is 4.90 Å². The lowest BCUT2D eigenvalue weighted by atomic mass is 10.1. The van der Waals surface area contributed by atoms with Crippen LogP contribution in [0.2, 0.25) is 0 Å². The molecule has 0 bridgehead atoms. The van der Waals surface area contributed by atoms with Gasteiger partial charge < -0.3 is 33.7 Å². The molecule has 0 fully saturated rings. The van der Waals surface area contributed by atoms with Gasteiger partial charge in [-0.25, -0.2) is 18.0 Å². The summed E-state index contributed by atoms with van der Waals surface area (Å²) in [5.41, 5.74) is -0.662. The molecule has 158 valence electrons. The topological polar surface area (TPSA) is 169 Å². The van der Waals surface area contributed by atoms with Gasteiger partial charge in [0.05, 0.1) is 55.7 Å². The fourth-order valence-corrected chi connectivity index (χ4v) is 2.41. The van der Waals surface area contributed by atoms with E-state index in [9.17, 15) is 22.6 Å². The summed E-state index contributed by atoms with van der Waals surface area (Å²) in [7, 11) is -4.95. The third-order valence-electron chi connectivity index (χ3n) is 3.06. The molecule has 0 unspecified atom stereocenters. The number of ether oxygens (including phenoxy) is 4. The molecule has 0 atom stereocenters. The van der Waals surface area contributed by atoms with Crippen LogP contribution in [0.5, 0.6) is 0 Å². The number of hydrogen-bond acceptors (Lipinski definition) is 11. The van der Waals surface area contributed by atoms with Crippen LogP contribution >= 0.6 is 0 Å². The zero-order chi connectivity index (χ0) is 21.0. The van der Waals surface area contributed by atoms with E-state index in [-0.39, 0.29) is 64.0 Å². The third kappa shape index (κ3) is 8.73. The summed E-state index contributed by atoms with van der Waals surface area (Å²) in [6.07, 6.45) is 0. The summed E-state index contributed by atoms with van der Waals surface area (Å²) in [5, 5.41) is 17.1. The van der Waals surface area contributed by atoms with Crippen LogP contribution < -0.4 is 0 Å². The minimum Gasteiger partial charge on any atom is -0.744 e. The lowest BCUT2D eigenvalue weighted by Crippen LogP contribution is -2.16. The van der Waals surface area contributed by atoms with Crippen molar-refractivity contribution in [3.8, 4) is 0 Å². The molecule has 1 rings (SSSR count). The quantitative estimate of drug-likeness (QED) is 0.226. The first kappa shape index (κ1) is 23.9. The molecule has 1 aromatic carbocycles. The highest BCUT2D eigenvalue weighted by Gasteiger charge is 2.17. The van der Waals surface area contributed by atoms with Crippen LogP contribution in [-0.2, 0) is 29.1 Å². The zero-order valence-corrected chi connectivity index (χ0v) is 15.7. The lowest BCUT2D eigenvalue weighted by Gasteiger charge is -2.12. The molecular formula is C16H21O11S-. The van der Waals surface area contributed by atoms with Crippen LogP contribution in [0.3, 0.4) is 0 Å². The van der Waals surface area contributed by atoms with Gasteiger partial charge in [0.25, 0.3) is 0 Å². The van der Waals surface area contributed by atoms with Gasteiger partial charge in [-0.2, -0.15) is 0 Å². The number of hydrogen-bond donors (Lipinski definition) is 2. The molecule has 28 heavy (non-hydrogen) atoms. The Bertz CT molecular complexity index is 701. The Balaban J connectivity index is 2.85. The number of aliphatic hydroxyl groups is 2. The van der Waals surface area contributed by atoms with Gasteiger partial charge in [0.1, 0.15) is 23.3 Å². The SMILES string of the molecule is O=C(OCCOCCO)c1cc(C(=O)OCCOCCO)cc(S(=O)(=O)[O-])c1. The number of carbonyl (C=O) groups excluding carboxylic acids is 2. The van der Waals surface area contributed by atoms with Gasteiger partial charge in [-0.15, -0.1) is 0 Å². The largest absolute Gasteiger partial charge is 0.744 e. The maximum absolute atomic E-state index is 12.0. The van der Waals surface area contributed by atoms with Crippen LogP contribution in [0.15, 0.2) is 23.1 Å². The standard InChI is InChI=1S/C16H22O11S/c17-1-3-24-5-7-26-15(19)12-9-13(11-14(10-12)28(21,22)23)16(20)27-8-6-25-4-2-18/h9-11,17-18H,1-8H2,(H,21,22,23)/p-1. The number of carbonyl (C=O) groups is 2. The van der Waals surface area contributed by atoms with Crippen molar-refractivity contribution in [3.05, 3.63) is 29.3 Å². The van der Waals surface area contributed by atoms with Gasteiger partial charge >= 0.3 is 11.9 Å². The molecule has 1 aromatic rings. The van der Waals surface area contributed by atoms with Gasteiger partial charge in [-0.1, -0.05) is 0 Å². The van der Waals surface area contributed by atoms with Gasteiger partial charge in [-0.05, 0) is 18.2 Å². The van der Waals surface area contributed by atoms with Gasteiger partial charge in [0.2, 0.25) is 0 Å². The normalized spacial score (nSPS) is 11.2. The zero-order valence-electron chi connectivity index (χ0n) is 14.9. The molecule has 0 aliphatic rings. The minimum atomic E-state index is -4.95. The molecular weight excluding hydrogens is 400 g/mol. The molecule has 0 aliphatic heterocycles. The van der Waals surface area contributed by atoms with E-state index < -0.39 is 27.0 Å². The van der Waals surface area contributed by atoms with Crippen molar-refractivity contribution in [2.75, 3.05) is 52.9 Å². The average molecular weight is 421 g/mol. The highest BCUT2D eigenvalue weighted by molar-refractivity contribution is 7.85. The summed E-state index contributed by atoms with van der Waals surface area (Å²) in [6.45, 7) is -0.672. The molecule has 0 heterocycles. The van der Waals surface area contributed by atoms with E-state index in [1.54, 1.807) is 0 Å². The maximum atomic E-state index is 12.0. The van der Waals surface area contributed by atoms with Gasteiger partial charge in [-0.3, -0.25) is 0 Å². The van der Waals surface area contributed by atoms with Crippen molar-refractivity contribution >= 4 is 22.1 Å². The van der Waals surface area contributed by atoms with Crippen molar-refractivity contribution in [2.24, 2.45) is 0 Å². The molecule has 0 spiro atoms. The number of aliphatic hydroxyl groups excluding tert-OH is 2. The van der Waals surface area contributed by atoms with E-state index in [1.807, 2.05) is 0 Å². The van der Waals surface area contributed by atoms with Crippen molar-refractivity contribution in [3.63, 3.8) is 0 Å². The monoisotopic (exact) mass is 421 g/mol. The molecule has 11 nitrogen and oxygen atoms in total. The van der Waals surface area contributed by atoms with Crippen LogP contribution in [-0.4, -0.2) is 88.0 Å². The van der Waals surface area contributed by atoms with Crippen LogP contribution in [0, 0.1) is 0 Å². The molecule has 0 aliphatic carbocycles. The molecule has 0 saturated heterocycles. The summed E-state index contributed by atoms with van der Waals surface area (Å²) < 4.78 is 53.4. The second-order valence-corrected chi connectivity index (χ2v) is 6.52. The Labute approximate surface area is 161 Å². The summed E-state index contributed by atoms with van der Waals surface area (Å²) in [6, 6.07) is 2.61. The lowest BCUT2D eigenvalue weighted by molar-refractivity contribution is 0.0255. The van der Waals surface area contributed by atoms with E-state index in [0.29, 0.717) is 0 Å². The number of rotatable bonds is 13. The summed E-state index contributed by atoms with van der Waals surface area (Å²) in [4.78, 5) is 23.3. The Morgan fingerprint density at radius 1 is 0.786 bits per heavy atom. The summed E-state index contributed by atoms with van der Waals surface area (Å²) in [5.74, 6) is -1.95. The highest BCUT2D eigenvalue weighted by Crippen LogP contribution is 2.17. The first-order valence-corrected chi connectivity index (χ1v) is 9.53. The fraction of sp³-hybridized carbons (Fsp3) is 0.500. The molecule has 0 radical (unpaired) electrons. The first-order valence-electron chi connectivity index (χ1n) is 8.12. The van der Waals surface area contributed by atoms with Gasteiger partial charge in [0.15, 0.2) is 0 Å². The maximum Gasteiger partial charge on any atom is 0.338 e. The Hall–Kier alpha value is -2.09. The van der Waals surface area contributed by atoms with E-state index in [2.05, 4.69) is 0 Å². The second-order valence-electron chi connectivity index (χ2n) is 5.14. The fourth-order valence-electron chi connectivity index (χ4n) is 1.87. The van der Waals surface area contributed by atoms with Crippen molar-refractivity contribution in [1.29, 1.82) is 0 Å². The molecule has 12 heteroatoms. The Morgan fingerprint density at radius 2 is 1.21 bits per heavy atom. The number of esters is 2. The first-order chi connectivity index (χ1) is 13.3. The molecule has 2 N–H and O–H groups in total. The smallest absolute Gasteiger partial charge is 0.338 e. The molecule has 0 aromatic heterocycles. The molecule has 0 saturated carbocycles.